The smallest absolute Gasteiger partial charge is 0.147 e. The van der Waals surface area contributed by atoms with Gasteiger partial charge in [-0.1, -0.05) is 33.1 Å². The SMILES string of the molecule is CCCC(CC)CC1CC(C)(C)OCO1. The van der Waals surface area contributed by atoms with Gasteiger partial charge in [-0.05, 0) is 26.2 Å². The lowest BCUT2D eigenvalue weighted by Gasteiger charge is -2.36. The second-order valence-electron chi connectivity index (χ2n) is 5.31. The molecule has 0 aromatic heterocycles. The highest BCUT2D eigenvalue weighted by Gasteiger charge is 2.30. The third-order valence-corrected chi connectivity index (χ3v) is 3.34. The van der Waals surface area contributed by atoms with Crippen LogP contribution in [-0.2, 0) is 9.47 Å². The monoisotopic (exact) mass is 214 g/mol. The molecule has 0 bridgehead atoms. The first-order valence-electron chi connectivity index (χ1n) is 6.33. The highest BCUT2D eigenvalue weighted by atomic mass is 16.7. The van der Waals surface area contributed by atoms with Gasteiger partial charge in [0, 0.05) is 6.42 Å². The predicted octanol–water partition coefficient (Wildman–Crippen LogP) is 3.74. The molecule has 2 nitrogen and oxygen atoms in total. The molecule has 2 unspecified atom stereocenters. The molecular weight excluding hydrogens is 188 g/mol. The minimum Gasteiger partial charge on any atom is -0.352 e. The first-order valence-corrected chi connectivity index (χ1v) is 6.33. The summed E-state index contributed by atoms with van der Waals surface area (Å²) in [7, 11) is 0. The molecule has 1 fully saturated rings. The van der Waals surface area contributed by atoms with Crippen molar-refractivity contribution in [2.45, 2.75) is 71.5 Å². The van der Waals surface area contributed by atoms with Gasteiger partial charge in [0.2, 0.25) is 0 Å². The molecule has 1 aliphatic heterocycles. The van der Waals surface area contributed by atoms with Crippen molar-refractivity contribution in [3.63, 3.8) is 0 Å². The summed E-state index contributed by atoms with van der Waals surface area (Å²) in [6, 6.07) is 0. The molecule has 15 heavy (non-hydrogen) atoms. The fraction of sp³-hybridized carbons (Fsp3) is 1.00. The Hall–Kier alpha value is -0.0800. The van der Waals surface area contributed by atoms with E-state index in [2.05, 4.69) is 27.7 Å². The molecule has 2 atom stereocenters. The normalized spacial score (nSPS) is 27.6. The first-order chi connectivity index (χ1) is 7.07. The molecule has 0 aromatic rings. The summed E-state index contributed by atoms with van der Waals surface area (Å²) in [4.78, 5) is 0. The maximum Gasteiger partial charge on any atom is 0.147 e. The second-order valence-corrected chi connectivity index (χ2v) is 5.31. The molecule has 0 amide bonds. The Morgan fingerprint density at radius 1 is 1.33 bits per heavy atom. The van der Waals surface area contributed by atoms with Crippen molar-refractivity contribution in [1.82, 2.24) is 0 Å². The highest BCUT2D eigenvalue weighted by molar-refractivity contribution is 4.78. The zero-order valence-corrected chi connectivity index (χ0v) is 10.7. The van der Waals surface area contributed by atoms with Gasteiger partial charge in [-0.3, -0.25) is 0 Å². The van der Waals surface area contributed by atoms with E-state index in [1.54, 1.807) is 0 Å². The van der Waals surface area contributed by atoms with Crippen LogP contribution in [0, 0.1) is 5.92 Å². The topological polar surface area (TPSA) is 18.5 Å². The van der Waals surface area contributed by atoms with E-state index < -0.39 is 0 Å². The summed E-state index contributed by atoms with van der Waals surface area (Å²) < 4.78 is 11.2. The van der Waals surface area contributed by atoms with Crippen LogP contribution in [0.5, 0.6) is 0 Å². The van der Waals surface area contributed by atoms with Crippen LogP contribution in [0.4, 0.5) is 0 Å². The van der Waals surface area contributed by atoms with Crippen molar-refractivity contribution in [3.8, 4) is 0 Å². The Labute approximate surface area is 94.3 Å². The number of hydrogen-bond acceptors (Lipinski definition) is 2. The van der Waals surface area contributed by atoms with Crippen molar-refractivity contribution < 1.29 is 9.47 Å². The predicted molar refractivity (Wildman–Crippen MR) is 62.8 cm³/mol. The minimum atomic E-state index is 0.00736. The number of ether oxygens (including phenoxy) is 2. The van der Waals surface area contributed by atoms with E-state index in [1.165, 1.54) is 25.7 Å². The molecule has 0 spiro atoms. The van der Waals surface area contributed by atoms with Gasteiger partial charge >= 0.3 is 0 Å². The molecule has 2 heteroatoms. The van der Waals surface area contributed by atoms with Gasteiger partial charge < -0.3 is 9.47 Å². The molecule has 0 radical (unpaired) electrons. The van der Waals surface area contributed by atoms with Crippen molar-refractivity contribution in [2.75, 3.05) is 6.79 Å². The Kier molecular flexibility index (Phi) is 5.07. The maximum absolute atomic E-state index is 5.67. The Morgan fingerprint density at radius 3 is 2.60 bits per heavy atom. The molecule has 0 aliphatic carbocycles. The van der Waals surface area contributed by atoms with Crippen LogP contribution < -0.4 is 0 Å². The van der Waals surface area contributed by atoms with Crippen LogP contribution in [0.15, 0.2) is 0 Å². The Bertz CT molecular complexity index is 177. The zero-order chi connectivity index (χ0) is 11.3. The molecular formula is C13H26O2. The van der Waals surface area contributed by atoms with E-state index in [-0.39, 0.29) is 5.60 Å². The molecule has 0 N–H and O–H groups in total. The van der Waals surface area contributed by atoms with Crippen LogP contribution >= 0.6 is 0 Å². The van der Waals surface area contributed by atoms with E-state index in [9.17, 15) is 0 Å². The first kappa shape index (κ1) is 13.0. The van der Waals surface area contributed by atoms with Crippen molar-refractivity contribution >= 4 is 0 Å². The largest absolute Gasteiger partial charge is 0.352 e. The average Bonchev–Trinajstić information content (AvgIpc) is 2.15. The third kappa shape index (κ3) is 4.52. The Balaban J connectivity index is 2.36. The van der Waals surface area contributed by atoms with Gasteiger partial charge in [0.15, 0.2) is 0 Å². The zero-order valence-electron chi connectivity index (χ0n) is 10.7. The second kappa shape index (κ2) is 5.86. The molecule has 0 aromatic carbocycles. The lowest BCUT2D eigenvalue weighted by Crippen LogP contribution is -2.39. The van der Waals surface area contributed by atoms with Crippen LogP contribution in [0.3, 0.4) is 0 Å². The Morgan fingerprint density at radius 2 is 2.07 bits per heavy atom. The third-order valence-electron chi connectivity index (χ3n) is 3.34. The van der Waals surface area contributed by atoms with E-state index >= 15 is 0 Å². The van der Waals surface area contributed by atoms with Gasteiger partial charge in [0.25, 0.3) is 0 Å². The van der Waals surface area contributed by atoms with Crippen molar-refractivity contribution in [2.24, 2.45) is 5.92 Å². The molecule has 0 saturated carbocycles. The van der Waals surface area contributed by atoms with Gasteiger partial charge in [-0.25, -0.2) is 0 Å². The summed E-state index contributed by atoms with van der Waals surface area (Å²) in [5.74, 6) is 0.828. The highest BCUT2D eigenvalue weighted by Crippen LogP contribution is 2.29. The summed E-state index contributed by atoms with van der Waals surface area (Å²) in [5, 5.41) is 0. The standard InChI is InChI=1S/C13H26O2/c1-5-7-11(6-2)8-12-9-13(3,4)15-10-14-12/h11-12H,5-10H2,1-4H3. The van der Waals surface area contributed by atoms with E-state index in [4.69, 9.17) is 9.47 Å². The summed E-state index contributed by atoms with van der Waals surface area (Å²) >= 11 is 0. The van der Waals surface area contributed by atoms with Gasteiger partial charge in [0.05, 0.1) is 11.7 Å². The summed E-state index contributed by atoms with van der Waals surface area (Å²) in [6.45, 7) is 9.33. The van der Waals surface area contributed by atoms with Gasteiger partial charge in [0.1, 0.15) is 6.79 Å². The van der Waals surface area contributed by atoms with Crippen molar-refractivity contribution in [1.29, 1.82) is 0 Å². The fourth-order valence-corrected chi connectivity index (χ4v) is 2.38. The van der Waals surface area contributed by atoms with E-state index in [1.807, 2.05) is 0 Å². The quantitative estimate of drug-likeness (QED) is 0.694. The fourth-order valence-electron chi connectivity index (χ4n) is 2.38. The minimum absolute atomic E-state index is 0.00736. The van der Waals surface area contributed by atoms with E-state index in [0.29, 0.717) is 12.9 Å². The van der Waals surface area contributed by atoms with Crippen molar-refractivity contribution in [3.05, 3.63) is 0 Å². The number of rotatable bonds is 5. The number of hydrogen-bond donors (Lipinski definition) is 0. The van der Waals surface area contributed by atoms with Crippen LogP contribution in [-0.4, -0.2) is 18.5 Å². The average molecular weight is 214 g/mol. The molecule has 1 rings (SSSR count). The molecule has 1 aliphatic rings. The molecule has 1 saturated heterocycles. The molecule has 1 heterocycles. The van der Waals surface area contributed by atoms with Crippen LogP contribution in [0.1, 0.15) is 59.8 Å². The molecule has 90 valence electrons. The summed E-state index contributed by atoms with van der Waals surface area (Å²) in [5.41, 5.74) is 0.00736. The van der Waals surface area contributed by atoms with Gasteiger partial charge in [-0.15, -0.1) is 0 Å². The summed E-state index contributed by atoms with van der Waals surface area (Å²) in [6.07, 6.45) is 6.53. The maximum atomic E-state index is 5.67. The lowest BCUT2D eigenvalue weighted by molar-refractivity contribution is -0.213. The van der Waals surface area contributed by atoms with Crippen LogP contribution in [0.2, 0.25) is 0 Å². The van der Waals surface area contributed by atoms with E-state index in [0.717, 1.165) is 12.3 Å². The van der Waals surface area contributed by atoms with Crippen LogP contribution in [0.25, 0.3) is 0 Å². The lowest BCUT2D eigenvalue weighted by atomic mass is 9.89. The van der Waals surface area contributed by atoms with Gasteiger partial charge in [-0.2, -0.15) is 0 Å².